The Morgan fingerprint density at radius 1 is 1.50 bits per heavy atom. The van der Waals surface area contributed by atoms with Gasteiger partial charge in [-0.2, -0.15) is 0 Å². The third-order valence-corrected chi connectivity index (χ3v) is 1.28. The summed E-state index contributed by atoms with van der Waals surface area (Å²) < 4.78 is 4.67. The SMILES string of the molecule is CCOC(=O)/C(C=N)=C/NCC(C)=O. The molecule has 0 radical (unpaired) electrons. The minimum atomic E-state index is -0.571. The molecule has 0 atom stereocenters. The first-order valence-electron chi connectivity index (χ1n) is 4.22. The summed E-state index contributed by atoms with van der Waals surface area (Å²) >= 11 is 0. The lowest BCUT2D eigenvalue weighted by atomic mass is 10.3. The van der Waals surface area contributed by atoms with Gasteiger partial charge in [-0.25, -0.2) is 4.79 Å². The predicted octanol–water partition coefficient (Wildman–Crippen LogP) is 0.262. The summed E-state index contributed by atoms with van der Waals surface area (Å²) in [6, 6.07) is 0. The molecule has 0 aromatic rings. The largest absolute Gasteiger partial charge is 0.462 e. The topological polar surface area (TPSA) is 79.2 Å². The first-order valence-corrected chi connectivity index (χ1v) is 4.22. The molecule has 78 valence electrons. The lowest BCUT2D eigenvalue weighted by Gasteiger charge is -2.02. The van der Waals surface area contributed by atoms with Crippen molar-refractivity contribution in [1.29, 1.82) is 5.41 Å². The number of esters is 1. The summed E-state index contributed by atoms with van der Waals surface area (Å²) in [7, 11) is 0. The Hall–Kier alpha value is -1.65. The van der Waals surface area contributed by atoms with Crippen LogP contribution in [0, 0.1) is 5.41 Å². The lowest BCUT2D eigenvalue weighted by molar-refractivity contribution is -0.137. The van der Waals surface area contributed by atoms with E-state index in [2.05, 4.69) is 10.1 Å². The third kappa shape index (κ3) is 5.08. The van der Waals surface area contributed by atoms with Crippen molar-refractivity contribution >= 4 is 18.0 Å². The Balaban J connectivity index is 4.17. The van der Waals surface area contributed by atoms with E-state index in [1.165, 1.54) is 13.1 Å². The second-order valence-corrected chi connectivity index (χ2v) is 2.55. The molecule has 0 aliphatic heterocycles. The molecule has 0 rings (SSSR count). The van der Waals surface area contributed by atoms with Crippen LogP contribution in [0.25, 0.3) is 0 Å². The quantitative estimate of drug-likeness (QED) is 0.364. The Kier molecular flexibility index (Phi) is 6.02. The Morgan fingerprint density at radius 2 is 2.14 bits per heavy atom. The number of carbonyl (C=O) groups excluding carboxylic acids is 2. The summed E-state index contributed by atoms with van der Waals surface area (Å²) in [5.74, 6) is -0.618. The highest BCUT2D eigenvalue weighted by atomic mass is 16.5. The lowest BCUT2D eigenvalue weighted by Crippen LogP contribution is -2.18. The van der Waals surface area contributed by atoms with E-state index >= 15 is 0 Å². The molecule has 0 aliphatic rings. The van der Waals surface area contributed by atoms with Crippen LogP contribution in [-0.2, 0) is 14.3 Å². The van der Waals surface area contributed by atoms with E-state index in [9.17, 15) is 9.59 Å². The predicted molar refractivity (Wildman–Crippen MR) is 52.2 cm³/mol. The highest BCUT2D eigenvalue weighted by Gasteiger charge is 2.06. The second-order valence-electron chi connectivity index (χ2n) is 2.55. The van der Waals surface area contributed by atoms with Crippen LogP contribution in [0.2, 0.25) is 0 Å². The van der Waals surface area contributed by atoms with E-state index < -0.39 is 5.97 Å². The maximum atomic E-state index is 11.1. The van der Waals surface area contributed by atoms with Crippen molar-refractivity contribution in [1.82, 2.24) is 5.32 Å². The molecule has 0 amide bonds. The van der Waals surface area contributed by atoms with Gasteiger partial charge in [0.2, 0.25) is 0 Å². The van der Waals surface area contributed by atoms with E-state index in [1.54, 1.807) is 6.92 Å². The van der Waals surface area contributed by atoms with Gasteiger partial charge in [-0.3, -0.25) is 4.79 Å². The van der Waals surface area contributed by atoms with Gasteiger partial charge >= 0.3 is 5.97 Å². The van der Waals surface area contributed by atoms with Gasteiger partial charge in [0.25, 0.3) is 0 Å². The van der Waals surface area contributed by atoms with Gasteiger partial charge < -0.3 is 15.5 Å². The van der Waals surface area contributed by atoms with E-state index in [4.69, 9.17) is 5.41 Å². The number of rotatable bonds is 6. The van der Waals surface area contributed by atoms with Crippen LogP contribution in [0.3, 0.4) is 0 Å². The number of hydrogen-bond acceptors (Lipinski definition) is 5. The first-order chi connectivity index (χ1) is 6.61. The Morgan fingerprint density at radius 3 is 2.57 bits per heavy atom. The molecule has 0 aromatic carbocycles. The van der Waals surface area contributed by atoms with E-state index in [0.29, 0.717) is 0 Å². The zero-order chi connectivity index (χ0) is 11.0. The van der Waals surface area contributed by atoms with Gasteiger partial charge in [-0.1, -0.05) is 0 Å². The molecule has 0 aliphatic carbocycles. The van der Waals surface area contributed by atoms with Crippen molar-refractivity contribution in [3.8, 4) is 0 Å². The van der Waals surface area contributed by atoms with E-state index in [-0.39, 0.29) is 24.5 Å². The second kappa shape index (κ2) is 6.82. The smallest absolute Gasteiger partial charge is 0.341 e. The molecule has 0 aromatic heterocycles. The minimum absolute atomic E-state index is 0.0468. The molecule has 0 saturated carbocycles. The van der Waals surface area contributed by atoms with Crippen molar-refractivity contribution in [3.05, 3.63) is 11.8 Å². The Bertz CT molecular complexity index is 259. The van der Waals surface area contributed by atoms with Gasteiger partial charge in [0.15, 0.2) is 0 Å². The summed E-state index contributed by atoms with van der Waals surface area (Å²) in [6.07, 6.45) is 2.18. The highest BCUT2D eigenvalue weighted by molar-refractivity contribution is 6.08. The normalized spacial score (nSPS) is 10.6. The molecule has 0 fully saturated rings. The van der Waals surface area contributed by atoms with Gasteiger partial charge in [0.05, 0.1) is 18.7 Å². The van der Waals surface area contributed by atoms with Gasteiger partial charge in [0.1, 0.15) is 5.78 Å². The molecular formula is C9H14N2O3. The molecule has 0 bridgehead atoms. The molecule has 0 spiro atoms. The Labute approximate surface area is 82.6 Å². The van der Waals surface area contributed by atoms with Crippen molar-refractivity contribution in [2.24, 2.45) is 0 Å². The van der Waals surface area contributed by atoms with Crippen molar-refractivity contribution in [2.45, 2.75) is 13.8 Å². The van der Waals surface area contributed by atoms with Crippen LogP contribution >= 0.6 is 0 Å². The molecule has 5 nitrogen and oxygen atoms in total. The van der Waals surface area contributed by atoms with Gasteiger partial charge in [-0.15, -0.1) is 0 Å². The molecular weight excluding hydrogens is 184 g/mol. The molecule has 5 heteroatoms. The fourth-order valence-electron chi connectivity index (χ4n) is 0.679. The summed E-state index contributed by atoms with van der Waals surface area (Å²) in [4.78, 5) is 21.6. The maximum absolute atomic E-state index is 11.1. The molecule has 0 heterocycles. The number of nitrogens with one attached hydrogen (secondary N) is 2. The number of ether oxygens (including phenoxy) is 1. The average molecular weight is 198 g/mol. The number of carbonyl (C=O) groups is 2. The first kappa shape index (κ1) is 12.3. The number of ketones is 1. The van der Waals surface area contributed by atoms with Crippen LogP contribution in [0.15, 0.2) is 11.8 Å². The van der Waals surface area contributed by atoms with Gasteiger partial charge in [0, 0.05) is 12.4 Å². The monoisotopic (exact) mass is 198 g/mol. The fraction of sp³-hybridized carbons (Fsp3) is 0.444. The minimum Gasteiger partial charge on any atom is -0.462 e. The average Bonchev–Trinajstić information content (AvgIpc) is 2.12. The zero-order valence-corrected chi connectivity index (χ0v) is 8.29. The number of Topliss-reactive ketones (excluding diaryl/α,β-unsaturated/α-hetero) is 1. The van der Waals surface area contributed by atoms with Crippen molar-refractivity contribution < 1.29 is 14.3 Å². The number of hydrogen-bond donors (Lipinski definition) is 2. The summed E-state index contributed by atoms with van der Waals surface area (Å²) in [6.45, 7) is 3.51. The van der Waals surface area contributed by atoms with Crippen molar-refractivity contribution in [2.75, 3.05) is 13.2 Å². The van der Waals surface area contributed by atoms with Crippen LogP contribution < -0.4 is 5.32 Å². The van der Waals surface area contributed by atoms with E-state index in [1.807, 2.05) is 0 Å². The fourth-order valence-corrected chi connectivity index (χ4v) is 0.679. The summed E-state index contributed by atoms with van der Waals surface area (Å²) in [5.41, 5.74) is 0.0908. The zero-order valence-electron chi connectivity index (χ0n) is 8.29. The van der Waals surface area contributed by atoms with Gasteiger partial charge in [-0.05, 0) is 13.8 Å². The van der Waals surface area contributed by atoms with Crippen LogP contribution in [0.4, 0.5) is 0 Å². The highest BCUT2D eigenvalue weighted by Crippen LogP contribution is 1.92. The van der Waals surface area contributed by atoms with Crippen molar-refractivity contribution in [3.63, 3.8) is 0 Å². The molecule has 0 unspecified atom stereocenters. The molecule has 14 heavy (non-hydrogen) atoms. The van der Waals surface area contributed by atoms with Crippen LogP contribution in [0.5, 0.6) is 0 Å². The van der Waals surface area contributed by atoms with E-state index in [0.717, 1.165) is 6.21 Å². The maximum Gasteiger partial charge on any atom is 0.341 e. The molecule has 0 saturated heterocycles. The summed E-state index contributed by atoms with van der Waals surface area (Å²) in [5, 5.41) is 9.55. The third-order valence-electron chi connectivity index (χ3n) is 1.28. The van der Waals surface area contributed by atoms with Crippen LogP contribution in [0.1, 0.15) is 13.8 Å². The molecule has 2 N–H and O–H groups in total. The van der Waals surface area contributed by atoms with Crippen LogP contribution in [-0.4, -0.2) is 31.1 Å². The standard InChI is InChI=1S/C9H14N2O3/c1-3-14-9(13)8(4-10)6-11-5-7(2)12/h4,6,10-11H,3,5H2,1-2H3/b8-6+,10-4?.